The van der Waals surface area contributed by atoms with Gasteiger partial charge in [-0.15, -0.1) is 0 Å². The van der Waals surface area contributed by atoms with Crippen molar-refractivity contribution in [3.05, 3.63) is 55.4 Å². The average molecular weight is 406 g/mol. The van der Waals surface area contributed by atoms with Crippen molar-refractivity contribution < 1.29 is 4.39 Å². The summed E-state index contributed by atoms with van der Waals surface area (Å²) >= 11 is 6.24. The summed E-state index contributed by atoms with van der Waals surface area (Å²) in [4.78, 5) is 32.0. The third-order valence-corrected chi connectivity index (χ3v) is 5.70. The molecule has 0 unspecified atom stereocenters. The average Bonchev–Trinajstić information content (AvgIpc) is 3.08. The minimum absolute atomic E-state index is 0.0568. The molecule has 4 rings (SSSR count). The number of aryl methyl sites for hydroxylation is 1. The Bertz CT molecular complexity index is 1150. The van der Waals surface area contributed by atoms with Gasteiger partial charge < -0.3 is 4.90 Å². The molecule has 1 aromatic carbocycles. The summed E-state index contributed by atoms with van der Waals surface area (Å²) < 4.78 is 18.6. The van der Waals surface area contributed by atoms with Crippen LogP contribution in [0.2, 0.25) is 5.02 Å². The molecule has 1 aliphatic rings. The largest absolute Gasteiger partial charge is 0.342 e. The van der Waals surface area contributed by atoms with Gasteiger partial charge in [0.25, 0.3) is 5.56 Å². The van der Waals surface area contributed by atoms with Crippen LogP contribution in [0.1, 0.15) is 24.8 Å². The molecule has 0 aliphatic carbocycles. The fourth-order valence-corrected chi connectivity index (χ4v) is 3.98. The van der Waals surface area contributed by atoms with Crippen molar-refractivity contribution >= 4 is 28.7 Å². The maximum absolute atomic E-state index is 14.5. The molecule has 9 heteroatoms. The molecule has 0 N–H and O–H groups in total. The number of rotatable bonds is 3. The summed E-state index contributed by atoms with van der Waals surface area (Å²) in [7, 11) is 3.01. The number of imidazole rings is 1. The maximum atomic E-state index is 14.5. The second-order valence-corrected chi connectivity index (χ2v) is 7.53. The molecule has 0 saturated carbocycles. The topological polar surface area (TPSA) is 65.1 Å². The number of nitrogens with zero attached hydrogens (tertiary/aromatic N) is 5. The molecular formula is C19H21ClFN5O2. The fourth-order valence-electron chi connectivity index (χ4n) is 3.76. The van der Waals surface area contributed by atoms with Gasteiger partial charge in [0.15, 0.2) is 11.2 Å². The Labute approximate surface area is 165 Å². The summed E-state index contributed by atoms with van der Waals surface area (Å²) in [6, 6.07) is 4.50. The Hall–Kier alpha value is -2.61. The van der Waals surface area contributed by atoms with Gasteiger partial charge in [0.05, 0.1) is 6.54 Å². The first-order valence-electron chi connectivity index (χ1n) is 9.24. The lowest BCUT2D eigenvalue weighted by Crippen LogP contribution is -2.37. The van der Waals surface area contributed by atoms with Gasteiger partial charge in [0.2, 0.25) is 5.95 Å². The van der Waals surface area contributed by atoms with Crippen molar-refractivity contribution in [2.75, 3.05) is 18.0 Å². The summed E-state index contributed by atoms with van der Waals surface area (Å²) in [6.07, 6.45) is 3.16. The third-order valence-electron chi connectivity index (χ3n) is 5.34. The summed E-state index contributed by atoms with van der Waals surface area (Å²) in [5, 5.41) is 0.285. The maximum Gasteiger partial charge on any atom is 0.332 e. The number of halogens is 2. The highest BCUT2D eigenvalue weighted by Gasteiger charge is 2.25. The Morgan fingerprint density at radius 3 is 2.50 bits per heavy atom. The van der Waals surface area contributed by atoms with E-state index in [4.69, 9.17) is 11.6 Å². The minimum Gasteiger partial charge on any atom is -0.342 e. The van der Waals surface area contributed by atoms with Gasteiger partial charge >= 0.3 is 5.69 Å². The SMILES string of the molecule is Cn1c(=O)c2c(nc(N3CCCCC3)n2Cc2c(F)cccc2Cl)n(C)c1=O. The predicted octanol–water partition coefficient (Wildman–Crippen LogP) is 2.26. The van der Waals surface area contributed by atoms with E-state index in [1.165, 1.54) is 17.7 Å². The molecule has 0 radical (unpaired) electrons. The van der Waals surface area contributed by atoms with E-state index in [0.29, 0.717) is 11.6 Å². The van der Waals surface area contributed by atoms with E-state index in [-0.39, 0.29) is 22.6 Å². The van der Waals surface area contributed by atoms with E-state index >= 15 is 0 Å². The van der Waals surface area contributed by atoms with Crippen LogP contribution in [-0.4, -0.2) is 31.8 Å². The molecule has 2 aromatic heterocycles. The molecule has 7 nitrogen and oxygen atoms in total. The first-order chi connectivity index (χ1) is 13.4. The Morgan fingerprint density at radius 2 is 1.82 bits per heavy atom. The van der Waals surface area contributed by atoms with Crippen LogP contribution >= 0.6 is 11.6 Å². The number of aromatic nitrogens is 4. The summed E-state index contributed by atoms with van der Waals surface area (Å²) in [5.74, 6) is 0.118. The lowest BCUT2D eigenvalue weighted by molar-refractivity contribution is 0.556. The van der Waals surface area contributed by atoms with Crippen LogP contribution < -0.4 is 16.1 Å². The number of fused-ring (bicyclic) bond motifs is 1. The van der Waals surface area contributed by atoms with Crippen molar-refractivity contribution in [3.8, 4) is 0 Å². The van der Waals surface area contributed by atoms with Crippen molar-refractivity contribution in [3.63, 3.8) is 0 Å². The van der Waals surface area contributed by atoms with Crippen molar-refractivity contribution in [2.24, 2.45) is 14.1 Å². The predicted molar refractivity (Wildman–Crippen MR) is 107 cm³/mol. The van der Waals surface area contributed by atoms with Crippen LogP contribution in [0.4, 0.5) is 10.3 Å². The molecule has 0 bridgehead atoms. The molecule has 3 heterocycles. The van der Waals surface area contributed by atoms with Gasteiger partial charge in [0.1, 0.15) is 5.82 Å². The number of anilines is 1. The molecule has 3 aromatic rings. The van der Waals surface area contributed by atoms with Crippen LogP contribution in [0, 0.1) is 5.82 Å². The van der Waals surface area contributed by atoms with Crippen LogP contribution in [-0.2, 0) is 20.6 Å². The second kappa shape index (κ2) is 7.09. The molecule has 1 saturated heterocycles. The van der Waals surface area contributed by atoms with Crippen LogP contribution in [0.5, 0.6) is 0 Å². The highest BCUT2D eigenvalue weighted by atomic mass is 35.5. The lowest BCUT2D eigenvalue weighted by Gasteiger charge is -2.28. The molecule has 1 aliphatic heterocycles. The highest BCUT2D eigenvalue weighted by Crippen LogP contribution is 2.27. The van der Waals surface area contributed by atoms with E-state index in [1.54, 1.807) is 23.7 Å². The van der Waals surface area contributed by atoms with E-state index in [0.717, 1.165) is 36.9 Å². The first-order valence-corrected chi connectivity index (χ1v) is 9.62. The zero-order valence-electron chi connectivity index (χ0n) is 15.8. The molecule has 0 atom stereocenters. The third kappa shape index (κ3) is 2.92. The van der Waals surface area contributed by atoms with Gasteiger partial charge in [-0.3, -0.25) is 18.5 Å². The number of hydrogen-bond donors (Lipinski definition) is 0. The Morgan fingerprint density at radius 1 is 1.11 bits per heavy atom. The van der Waals surface area contributed by atoms with E-state index in [2.05, 4.69) is 9.88 Å². The van der Waals surface area contributed by atoms with Crippen LogP contribution in [0.15, 0.2) is 27.8 Å². The molecule has 28 heavy (non-hydrogen) atoms. The smallest absolute Gasteiger partial charge is 0.332 e. The van der Waals surface area contributed by atoms with E-state index < -0.39 is 17.1 Å². The van der Waals surface area contributed by atoms with Gasteiger partial charge in [-0.05, 0) is 31.4 Å². The number of piperidine rings is 1. The monoisotopic (exact) mass is 405 g/mol. The van der Waals surface area contributed by atoms with Gasteiger partial charge in [-0.1, -0.05) is 17.7 Å². The zero-order valence-corrected chi connectivity index (χ0v) is 16.5. The second-order valence-electron chi connectivity index (χ2n) is 7.12. The normalized spacial score (nSPS) is 14.8. The van der Waals surface area contributed by atoms with Gasteiger partial charge in [0, 0.05) is 37.8 Å². The van der Waals surface area contributed by atoms with E-state index in [9.17, 15) is 14.0 Å². The van der Waals surface area contributed by atoms with Crippen LogP contribution in [0.25, 0.3) is 11.2 Å². The zero-order chi connectivity index (χ0) is 20.0. The van der Waals surface area contributed by atoms with Crippen molar-refractivity contribution in [2.45, 2.75) is 25.8 Å². The molecule has 0 spiro atoms. The standard InChI is InChI=1S/C19H21ClFN5O2/c1-23-16-15(17(27)24(2)19(23)28)26(11-12-13(20)7-6-8-14(12)21)18(22-16)25-9-4-3-5-10-25/h6-8H,3-5,9-11H2,1-2H3. The quantitative estimate of drug-likeness (QED) is 0.670. The first kappa shape index (κ1) is 18.7. The minimum atomic E-state index is -0.457. The van der Waals surface area contributed by atoms with Gasteiger partial charge in [-0.2, -0.15) is 4.98 Å². The Balaban J connectivity index is 2.01. The fraction of sp³-hybridized carbons (Fsp3) is 0.421. The van der Waals surface area contributed by atoms with E-state index in [1.807, 2.05) is 0 Å². The molecule has 1 fully saturated rings. The van der Waals surface area contributed by atoms with Crippen molar-refractivity contribution in [1.29, 1.82) is 0 Å². The summed E-state index contributed by atoms with van der Waals surface area (Å²) in [6.45, 7) is 1.65. The lowest BCUT2D eigenvalue weighted by atomic mass is 10.1. The molecule has 0 amide bonds. The van der Waals surface area contributed by atoms with Gasteiger partial charge in [-0.25, -0.2) is 9.18 Å². The highest BCUT2D eigenvalue weighted by molar-refractivity contribution is 6.31. The van der Waals surface area contributed by atoms with Crippen molar-refractivity contribution in [1.82, 2.24) is 18.7 Å². The number of benzene rings is 1. The molecule has 148 valence electrons. The van der Waals surface area contributed by atoms with Crippen LogP contribution in [0.3, 0.4) is 0 Å². The molecular weight excluding hydrogens is 385 g/mol. The summed E-state index contributed by atoms with van der Waals surface area (Å²) in [5.41, 5.74) is -0.0548. The number of hydrogen-bond acceptors (Lipinski definition) is 4. The Kier molecular flexibility index (Phi) is 4.74.